The number of hydrogen-bond donors (Lipinski definition) is 1. The van der Waals surface area contributed by atoms with Crippen LogP contribution in [0.1, 0.15) is 29.2 Å². The van der Waals surface area contributed by atoms with E-state index in [2.05, 4.69) is 15.3 Å². The quantitative estimate of drug-likeness (QED) is 0.918. The maximum atomic E-state index is 12.5. The lowest BCUT2D eigenvalue weighted by Gasteiger charge is -2.15. The third-order valence-corrected chi connectivity index (χ3v) is 4.17. The Hall–Kier alpha value is -2.34. The van der Waals surface area contributed by atoms with Gasteiger partial charge in [0, 0.05) is 24.8 Å². The monoisotopic (exact) mass is 346 g/mol. The standard InChI is InChI=1S/C17H19ClN4O2/c1-11-19-14(17(23)22-7-3-4-8-22)10-16(20-11)21-12-5-6-15(24-2)13(18)9-12/h5-6,9-10H,3-4,7-8H2,1-2H3,(H,19,20,21). The Balaban J connectivity index is 1.83. The van der Waals surface area contributed by atoms with Crippen LogP contribution >= 0.6 is 11.6 Å². The highest BCUT2D eigenvalue weighted by Crippen LogP contribution is 2.28. The highest BCUT2D eigenvalue weighted by molar-refractivity contribution is 6.32. The zero-order valence-corrected chi connectivity index (χ0v) is 14.4. The molecule has 1 aliphatic heterocycles. The molecule has 1 N–H and O–H groups in total. The first-order valence-electron chi connectivity index (χ1n) is 7.82. The average molecular weight is 347 g/mol. The molecular weight excluding hydrogens is 328 g/mol. The summed E-state index contributed by atoms with van der Waals surface area (Å²) in [6.07, 6.45) is 2.09. The Morgan fingerprint density at radius 3 is 2.67 bits per heavy atom. The van der Waals surface area contributed by atoms with E-state index in [0.29, 0.717) is 28.1 Å². The smallest absolute Gasteiger partial charge is 0.272 e. The summed E-state index contributed by atoms with van der Waals surface area (Å²) in [5.41, 5.74) is 1.17. The van der Waals surface area contributed by atoms with E-state index in [0.717, 1.165) is 31.6 Å². The molecule has 0 spiro atoms. The van der Waals surface area contributed by atoms with Gasteiger partial charge in [-0.1, -0.05) is 11.6 Å². The molecule has 0 aliphatic carbocycles. The second-order valence-electron chi connectivity index (χ2n) is 5.66. The summed E-state index contributed by atoms with van der Waals surface area (Å²) in [5.74, 6) is 1.66. The summed E-state index contributed by atoms with van der Waals surface area (Å²) in [7, 11) is 1.57. The van der Waals surface area contributed by atoms with Crippen LogP contribution in [-0.2, 0) is 0 Å². The maximum absolute atomic E-state index is 12.5. The van der Waals surface area contributed by atoms with Crippen molar-refractivity contribution in [2.45, 2.75) is 19.8 Å². The van der Waals surface area contributed by atoms with Crippen LogP contribution in [0.3, 0.4) is 0 Å². The number of carbonyl (C=O) groups excluding carboxylic acids is 1. The molecule has 1 amide bonds. The number of aromatic nitrogens is 2. The second-order valence-corrected chi connectivity index (χ2v) is 6.07. The van der Waals surface area contributed by atoms with Gasteiger partial charge in [-0.15, -0.1) is 0 Å². The topological polar surface area (TPSA) is 67.3 Å². The van der Waals surface area contributed by atoms with E-state index in [1.165, 1.54) is 0 Å². The SMILES string of the molecule is COc1ccc(Nc2cc(C(=O)N3CCCC3)nc(C)n2)cc1Cl. The molecule has 1 fully saturated rings. The summed E-state index contributed by atoms with van der Waals surface area (Å²) in [6.45, 7) is 3.35. The van der Waals surface area contributed by atoms with E-state index in [-0.39, 0.29) is 5.91 Å². The number of methoxy groups -OCH3 is 1. The number of ether oxygens (including phenoxy) is 1. The fourth-order valence-electron chi connectivity index (χ4n) is 2.72. The van der Waals surface area contributed by atoms with E-state index >= 15 is 0 Å². The number of nitrogens with one attached hydrogen (secondary N) is 1. The average Bonchev–Trinajstić information content (AvgIpc) is 3.08. The number of anilines is 2. The van der Waals surface area contributed by atoms with Gasteiger partial charge in [-0.3, -0.25) is 4.79 Å². The van der Waals surface area contributed by atoms with Gasteiger partial charge in [0.05, 0.1) is 12.1 Å². The zero-order chi connectivity index (χ0) is 17.1. The predicted octanol–water partition coefficient (Wildman–Crippen LogP) is 3.43. The Kier molecular flexibility index (Phi) is 4.85. The van der Waals surface area contributed by atoms with Gasteiger partial charge in [-0.25, -0.2) is 9.97 Å². The molecule has 1 aliphatic rings. The molecule has 1 aromatic heterocycles. The van der Waals surface area contributed by atoms with Gasteiger partial charge in [0.1, 0.15) is 23.1 Å². The van der Waals surface area contributed by atoms with Gasteiger partial charge < -0.3 is 15.0 Å². The number of rotatable bonds is 4. The summed E-state index contributed by atoms with van der Waals surface area (Å²) in [4.78, 5) is 23.0. The fraction of sp³-hybridized carbons (Fsp3) is 0.353. The number of aryl methyl sites for hydroxylation is 1. The van der Waals surface area contributed by atoms with Crippen molar-refractivity contribution in [3.63, 3.8) is 0 Å². The van der Waals surface area contributed by atoms with Gasteiger partial charge >= 0.3 is 0 Å². The molecule has 0 atom stereocenters. The molecule has 0 bridgehead atoms. The van der Waals surface area contributed by atoms with Crippen LogP contribution in [0.2, 0.25) is 5.02 Å². The van der Waals surface area contributed by atoms with Gasteiger partial charge in [0.2, 0.25) is 0 Å². The van der Waals surface area contributed by atoms with Crippen LogP contribution in [0.4, 0.5) is 11.5 Å². The minimum atomic E-state index is -0.0474. The molecule has 0 unspecified atom stereocenters. The summed E-state index contributed by atoms with van der Waals surface area (Å²) < 4.78 is 5.14. The zero-order valence-electron chi connectivity index (χ0n) is 13.7. The van der Waals surface area contributed by atoms with Crippen molar-refractivity contribution in [3.8, 4) is 5.75 Å². The van der Waals surface area contributed by atoms with Crippen LogP contribution in [0.15, 0.2) is 24.3 Å². The molecule has 0 radical (unpaired) electrons. The Labute approximate surface area is 145 Å². The third-order valence-electron chi connectivity index (χ3n) is 3.87. The predicted molar refractivity (Wildman–Crippen MR) is 93.2 cm³/mol. The molecular formula is C17H19ClN4O2. The minimum Gasteiger partial charge on any atom is -0.495 e. The first kappa shape index (κ1) is 16.5. The minimum absolute atomic E-state index is 0.0474. The fourth-order valence-corrected chi connectivity index (χ4v) is 2.97. The summed E-state index contributed by atoms with van der Waals surface area (Å²) >= 11 is 6.14. The van der Waals surface area contributed by atoms with Gasteiger partial charge in [-0.05, 0) is 38.0 Å². The van der Waals surface area contributed by atoms with Crippen LogP contribution in [0, 0.1) is 6.92 Å². The Morgan fingerprint density at radius 1 is 1.25 bits per heavy atom. The molecule has 2 aromatic rings. The number of nitrogens with zero attached hydrogens (tertiary/aromatic N) is 3. The number of likely N-dealkylation sites (tertiary alicyclic amines) is 1. The van der Waals surface area contributed by atoms with Crippen LogP contribution in [0.5, 0.6) is 5.75 Å². The van der Waals surface area contributed by atoms with Crippen molar-refractivity contribution in [1.29, 1.82) is 0 Å². The van der Waals surface area contributed by atoms with Gasteiger partial charge in [0.25, 0.3) is 5.91 Å². The van der Waals surface area contributed by atoms with Crippen molar-refractivity contribution in [3.05, 3.63) is 40.8 Å². The lowest BCUT2D eigenvalue weighted by atomic mass is 10.3. The molecule has 3 rings (SSSR count). The van der Waals surface area contributed by atoms with Gasteiger partial charge in [0.15, 0.2) is 0 Å². The molecule has 0 saturated carbocycles. The summed E-state index contributed by atoms with van der Waals surface area (Å²) in [5, 5.41) is 3.66. The van der Waals surface area contributed by atoms with Crippen LogP contribution in [0.25, 0.3) is 0 Å². The molecule has 1 saturated heterocycles. The highest BCUT2D eigenvalue weighted by atomic mass is 35.5. The molecule has 24 heavy (non-hydrogen) atoms. The number of amides is 1. The van der Waals surface area contributed by atoms with E-state index in [9.17, 15) is 4.79 Å². The molecule has 7 heteroatoms. The Bertz CT molecular complexity index is 760. The van der Waals surface area contributed by atoms with Crippen LogP contribution < -0.4 is 10.1 Å². The van der Waals surface area contributed by atoms with Crippen molar-refractivity contribution >= 4 is 29.0 Å². The van der Waals surface area contributed by atoms with E-state index in [1.807, 2.05) is 11.0 Å². The molecule has 126 valence electrons. The van der Waals surface area contributed by atoms with Crippen molar-refractivity contribution < 1.29 is 9.53 Å². The molecule has 6 nitrogen and oxygen atoms in total. The third kappa shape index (κ3) is 3.59. The largest absolute Gasteiger partial charge is 0.495 e. The van der Waals surface area contributed by atoms with Crippen molar-refractivity contribution in [2.24, 2.45) is 0 Å². The Morgan fingerprint density at radius 2 is 2.00 bits per heavy atom. The van der Waals surface area contributed by atoms with Crippen LogP contribution in [-0.4, -0.2) is 41.0 Å². The first-order chi connectivity index (χ1) is 11.6. The van der Waals surface area contributed by atoms with Crippen molar-refractivity contribution in [1.82, 2.24) is 14.9 Å². The highest BCUT2D eigenvalue weighted by Gasteiger charge is 2.21. The maximum Gasteiger partial charge on any atom is 0.272 e. The second kappa shape index (κ2) is 7.05. The number of halogens is 1. The number of benzene rings is 1. The van der Waals surface area contributed by atoms with Crippen molar-refractivity contribution in [2.75, 3.05) is 25.5 Å². The van der Waals surface area contributed by atoms with E-state index in [4.69, 9.17) is 16.3 Å². The first-order valence-corrected chi connectivity index (χ1v) is 8.20. The molecule has 2 heterocycles. The van der Waals surface area contributed by atoms with Gasteiger partial charge in [-0.2, -0.15) is 0 Å². The molecule has 1 aromatic carbocycles. The normalized spacial score (nSPS) is 13.9. The van der Waals surface area contributed by atoms with E-state index < -0.39 is 0 Å². The lowest BCUT2D eigenvalue weighted by molar-refractivity contribution is 0.0786. The summed E-state index contributed by atoms with van der Waals surface area (Å²) in [6, 6.07) is 7.03. The number of hydrogen-bond acceptors (Lipinski definition) is 5. The number of carbonyl (C=O) groups is 1. The lowest BCUT2D eigenvalue weighted by Crippen LogP contribution is -2.28. The van der Waals surface area contributed by atoms with E-state index in [1.54, 1.807) is 32.2 Å².